The zero-order valence-corrected chi connectivity index (χ0v) is 10.7. The summed E-state index contributed by atoms with van der Waals surface area (Å²) in [5.74, 6) is -0.304. The first-order valence-electron chi connectivity index (χ1n) is 6.24. The van der Waals surface area contributed by atoms with Crippen LogP contribution in [0.3, 0.4) is 0 Å². The molecule has 1 aliphatic rings. The van der Waals surface area contributed by atoms with Crippen molar-refractivity contribution in [1.82, 2.24) is 5.32 Å². The van der Waals surface area contributed by atoms with Crippen molar-refractivity contribution >= 4 is 11.3 Å². The molecule has 1 aliphatic carbocycles. The number of nitrogen functional groups attached to an aromatic ring is 1. The van der Waals surface area contributed by atoms with Crippen molar-refractivity contribution in [3.05, 3.63) is 71.0 Å². The van der Waals surface area contributed by atoms with E-state index in [2.05, 4.69) is 23.5 Å². The maximum Gasteiger partial charge on any atom is 0.125 e. The molecule has 3 rings (SSSR count). The highest BCUT2D eigenvalue weighted by Crippen LogP contribution is 2.38. The van der Waals surface area contributed by atoms with Crippen LogP contribution in [0, 0.1) is 5.82 Å². The Morgan fingerprint density at radius 3 is 2.68 bits per heavy atom. The van der Waals surface area contributed by atoms with Crippen LogP contribution in [-0.4, -0.2) is 7.05 Å². The molecule has 0 aliphatic heterocycles. The molecule has 0 radical (unpaired) electrons. The number of nitrogens with two attached hydrogens (primary N) is 1. The fraction of sp³-hybridized carbons (Fsp3) is 0.125. The third-order valence-corrected chi connectivity index (χ3v) is 3.46. The van der Waals surface area contributed by atoms with E-state index in [0.29, 0.717) is 5.69 Å². The molecule has 1 atom stereocenters. The predicted octanol–water partition coefficient (Wildman–Crippen LogP) is 3.11. The molecule has 3 N–H and O–H groups in total. The first kappa shape index (κ1) is 11.9. The maximum atomic E-state index is 13.5. The Balaban J connectivity index is 2.15. The summed E-state index contributed by atoms with van der Waals surface area (Å²) in [7, 11) is 1.92. The van der Waals surface area contributed by atoms with E-state index in [4.69, 9.17) is 5.73 Å². The Kier molecular flexibility index (Phi) is 2.84. The van der Waals surface area contributed by atoms with Crippen LogP contribution in [0.15, 0.2) is 48.5 Å². The third-order valence-electron chi connectivity index (χ3n) is 3.46. The van der Waals surface area contributed by atoms with Crippen molar-refractivity contribution in [3.8, 4) is 0 Å². The quantitative estimate of drug-likeness (QED) is 0.808. The largest absolute Gasteiger partial charge is 0.399 e. The second-order valence-electron chi connectivity index (χ2n) is 4.71. The zero-order valence-electron chi connectivity index (χ0n) is 10.7. The molecule has 2 nitrogen and oxygen atoms in total. The van der Waals surface area contributed by atoms with Crippen LogP contribution in [0.2, 0.25) is 0 Å². The normalized spacial score (nSPS) is 17.2. The van der Waals surface area contributed by atoms with Crippen molar-refractivity contribution in [2.45, 2.75) is 6.04 Å². The lowest BCUT2D eigenvalue weighted by atomic mass is 9.98. The standard InChI is InChI=1S/C16H15FN2/c1-19-16-9-15(13-4-2-3-5-14(13)16)10-6-11(17)8-12(18)7-10/h2-9,16,19H,18H2,1H3. The molecule has 0 spiro atoms. The SMILES string of the molecule is CNC1C=C(c2cc(N)cc(F)c2)c2ccccc21. The maximum absolute atomic E-state index is 13.5. The lowest BCUT2D eigenvalue weighted by Gasteiger charge is -2.09. The van der Waals surface area contributed by atoms with Gasteiger partial charge in [0.15, 0.2) is 0 Å². The second kappa shape index (κ2) is 4.52. The van der Waals surface area contributed by atoms with Crippen molar-refractivity contribution in [2.24, 2.45) is 0 Å². The molecule has 0 fully saturated rings. The molecule has 0 bridgehead atoms. The van der Waals surface area contributed by atoms with Crippen LogP contribution < -0.4 is 11.1 Å². The highest BCUT2D eigenvalue weighted by Gasteiger charge is 2.22. The van der Waals surface area contributed by atoms with E-state index in [9.17, 15) is 4.39 Å². The Hall–Kier alpha value is -2.13. The van der Waals surface area contributed by atoms with Gasteiger partial charge in [-0.1, -0.05) is 30.3 Å². The summed E-state index contributed by atoms with van der Waals surface area (Å²) in [5, 5.41) is 3.25. The van der Waals surface area contributed by atoms with E-state index in [0.717, 1.165) is 16.7 Å². The van der Waals surface area contributed by atoms with Gasteiger partial charge >= 0.3 is 0 Å². The van der Waals surface area contributed by atoms with Crippen LogP contribution in [0.1, 0.15) is 22.7 Å². The Morgan fingerprint density at radius 2 is 1.95 bits per heavy atom. The topological polar surface area (TPSA) is 38.0 Å². The molecule has 1 unspecified atom stereocenters. The van der Waals surface area contributed by atoms with Crippen LogP contribution in [0.25, 0.3) is 5.57 Å². The number of hydrogen-bond donors (Lipinski definition) is 2. The molecule has 0 heterocycles. The minimum Gasteiger partial charge on any atom is -0.399 e. The first-order chi connectivity index (χ1) is 9.19. The minimum atomic E-state index is -0.304. The lowest BCUT2D eigenvalue weighted by Crippen LogP contribution is -2.11. The average Bonchev–Trinajstić information content (AvgIpc) is 2.76. The number of anilines is 1. The van der Waals surface area contributed by atoms with Crippen LogP contribution in [-0.2, 0) is 0 Å². The van der Waals surface area contributed by atoms with E-state index in [1.165, 1.54) is 17.7 Å². The predicted molar refractivity (Wildman–Crippen MR) is 76.1 cm³/mol. The van der Waals surface area contributed by atoms with Crippen molar-refractivity contribution in [2.75, 3.05) is 12.8 Å². The van der Waals surface area contributed by atoms with Gasteiger partial charge in [0.1, 0.15) is 5.82 Å². The molecular weight excluding hydrogens is 239 g/mol. The highest BCUT2D eigenvalue weighted by atomic mass is 19.1. The van der Waals surface area contributed by atoms with Crippen molar-refractivity contribution in [1.29, 1.82) is 0 Å². The molecule has 2 aromatic rings. The van der Waals surface area contributed by atoms with Gasteiger partial charge in [-0.05, 0) is 47.5 Å². The van der Waals surface area contributed by atoms with Crippen molar-refractivity contribution in [3.63, 3.8) is 0 Å². The average molecular weight is 254 g/mol. The number of likely N-dealkylation sites (N-methyl/N-ethyl adjacent to an activating group) is 1. The first-order valence-corrected chi connectivity index (χ1v) is 6.24. The van der Waals surface area contributed by atoms with Gasteiger partial charge < -0.3 is 11.1 Å². The molecule has 96 valence electrons. The van der Waals surface area contributed by atoms with Gasteiger partial charge in [-0.2, -0.15) is 0 Å². The van der Waals surface area contributed by atoms with Crippen LogP contribution >= 0.6 is 0 Å². The van der Waals surface area contributed by atoms with Gasteiger partial charge in [0.05, 0.1) is 6.04 Å². The van der Waals surface area contributed by atoms with Gasteiger partial charge in [0.25, 0.3) is 0 Å². The van der Waals surface area contributed by atoms with Gasteiger partial charge in [-0.3, -0.25) is 0 Å². The lowest BCUT2D eigenvalue weighted by molar-refractivity contribution is 0.628. The summed E-state index contributed by atoms with van der Waals surface area (Å²) in [5.41, 5.74) is 10.4. The van der Waals surface area contributed by atoms with Gasteiger partial charge in [0.2, 0.25) is 0 Å². The summed E-state index contributed by atoms with van der Waals surface area (Å²) >= 11 is 0. The van der Waals surface area contributed by atoms with E-state index >= 15 is 0 Å². The molecule has 0 aromatic heterocycles. The number of nitrogens with one attached hydrogen (secondary N) is 1. The molecule has 0 saturated heterocycles. The van der Waals surface area contributed by atoms with Crippen LogP contribution in [0.5, 0.6) is 0 Å². The monoisotopic (exact) mass is 254 g/mol. The fourth-order valence-corrected chi connectivity index (χ4v) is 2.62. The number of benzene rings is 2. The number of hydrogen-bond acceptors (Lipinski definition) is 2. The van der Waals surface area contributed by atoms with Crippen molar-refractivity contribution < 1.29 is 4.39 Å². The Bertz CT molecular complexity index is 641. The summed E-state index contributed by atoms with van der Waals surface area (Å²) in [6.07, 6.45) is 2.11. The fourth-order valence-electron chi connectivity index (χ4n) is 2.62. The summed E-state index contributed by atoms with van der Waals surface area (Å²) in [4.78, 5) is 0. The molecule has 2 aromatic carbocycles. The van der Waals surface area contributed by atoms with E-state index in [1.807, 2.05) is 25.2 Å². The third kappa shape index (κ3) is 2.02. The number of halogens is 1. The molecular formula is C16H15FN2. The van der Waals surface area contributed by atoms with E-state index in [1.54, 1.807) is 0 Å². The number of rotatable bonds is 2. The van der Waals surface area contributed by atoms with Gasteiger partial charge in [-0.25, -0.2) is 4.39 Å². The van der Waals surface area contributed by atoms with E-state index < -0.39 is 0 Å². The highest BCUT2D eigenvalue weighted by molar-refractivity contribution is 5.86. The Labute approximate surface area is 111 Å². The summed E-state index contributed by atoms with van der Waals surface area (Å²) < 4.78 is 13.5. The summed E-state index contributed by atoms with van der Waals surface area (Å²) in [6.45, 7) is 0. The zero-order chi connectivity index (χ0) is 13.4. The molecule has 3 heteroatoms. The Morgan fingerprint density at radius 1 is 1.16 bits per heavy atom. The molecule has 0 saturated carbocycles. The second-order valence-corrected chi connectivity index (χ2v) is 4.71. The van der Waals surface area contributed by atoms with E-state index in [-0.39, 0.29) is 11.9 Å². The van der Waals surface area contributed by atoms with Gasteiger partial charge in [-0.15, -0.1) is 0 Å². The molecule has 19 heavy (non-hydrogen) atoms. The van der Waals surface area contributed by atoms with Crippen LogP contribution in [0.4, 0.5) is 10.1 Å². The smallest absolute Gasteiger partial charge is 0.125 e. The van der Waals surface area contributed by atoms with Gasteiger partial charge in [0, 0.05) is 5.69 Å². The summed E-state index contributed by atoms with van der Waals surface area (Å²) in [6, 6.07) is 13.0. The number of fused-ring (bicyclic) bond motifs is 1. The molecule has 0 amide bonds. The minimum absolute atomic E-state index is 0.163.